The second-order valence-electron chi connectivity index (χ2n) is 7.12. The number of nitrogens with one attached hydrogen (secondary N) is 1. The zero-order valence-corrected chi connectivity index (χ0v) is 15.2. The summed E-state index contributed by atoms with van der Waals surface area (Å²) in [6.07, 6.45) is 2.42. The van der Waals surface area contributed by atoms with Crippen LogP contribution in [0.4, 0.5) is 0 Å². The molecule has 0 bridgehead atoms. The number of hydrogen-bond acceptors (Lipinski definition) is 5. The van der Waals surface area contributed by atoms with Crippen molar-refractivity contribution in [3.63, 3.8) is 0 Å². The van der Waals surface area contributed by atoms with E-state index in [2.05, 4.69) is 5.32 Å². The van der Waals surface area contributed by atoms with E-state index in [0.717, 1.165) is 49.4 Å². The Labute approximate surface area is 153 Å². The Kier molecular flexibility index (Phi) is 5.98. The standard InChI is InChI=1S/C19H27N3O4/c1-25-16-3-2-15-8-13(12-26-17(15)9-16)10-21-19(24)14-4-6-22(7-5-14)11-18(20)23/h2-3,9,13-14H,4-8,10-12H2,1H3,(H2,20,23)(H,21,24)/t13-/m1/s1. The fraction of sp³-hybridized carbons (Fsp3) is 0.579. The first-order valence-corrected chi connectivity index (χ1v) is 9.13. The van der Waals surface area contributed by atoms with Crippen molar-refractivity contribution in [2.24, 2.45) is 17.6 Å². The molecule has 2 aliphatic rings. The third kappa shape index (κ3) is 4.66. The average molecular weight is 361 g/mol. The number of piperidine rings is 1. The third-order valence-electron chi connectivity index (χ3n) is 5.16. The molecule has 1 fully saturated rings. The molecule has 0 aromatic heterocycles. The summed E-state index contributed by atoms with van der Waals surface area (Å²) in [5, 5.41) is 3.08. The van der Waals surface area contributed by atoms with Crippen LogP contribution in [0.3, 0.4) is 0 Å². The molecular formula is C19H27N3O4. The summed E-state index contributed by atoms with van der Waals surface area (Å²) in [6, 6.07) is 5.86. The monoisotopic (exact) mass is 361 g/mol. The van der Waals surface area contributed by atoms with Crippen molar-refractivity contribution >= 4 is 11.8 Å². The number of nitrogens with two attached hydrogens (primary N) is 1. The van der Waals surface area contributed by atoms with Crippen LogP contribution in [0, 0.1) is 11.8 Å². The van der Waals surface area contributed by atoms with E-state index in [-0.39, 0.29) is 30.2 Å². The lowest BCUT2D eigenvalue weighted by Crippen LogP contribution is -2.44. The molecule has 0 unspecified atom stereocenters. The van der Waals surface area contributed by atoms with Gasteiger partial charge in [-0.3, -0.25) is 14.5 Å². The van der Waals surface area contributed by atoms with Crippen molar-refractivity contribution in [3.05, 3.63) is 23.8 Å². The zero-order valence-electron chi connectivity index (χ0n) is 15.2. The van der Waals surface area contributed by atoms with Crippen LogP contribution in [0.25, 0.3) is 0 Å². The molecule has 0 radical (unpaired) electrons. The van der Waals surface area contributed by atoms with Gasteiger partial charge in [-0.05, 0) is 44.0 Å². The molecule has 2 aliphatic heterocycles. The molecule has 7 heteroatoms. The summed E-state index contributed by atoms with van der Waals surface area (Å²) >= 11 is 0. The lowest BCUT2D eigenvalue weighted by molar-refractivity contribution is -0.126. The summed E-state index contributed by atoms with van der Waals surface area (Å²) < 4.78 is 11.0. The quantitative estimate of drug-likeness (QED) is 0.772. The fourth-order valence-corrected chi connectivity index (χ4v) is 3.64. The van der Waals surface area contributed by atoms with Crippen molar-refractivity contribution in [2.75, 3.05) is 39.9 Å². The van der Waals surface area contributed by atoms with Crippen LogP contribution in [0.5, 0.6) is 11.5 Å². The maximum atomic E-state index is 12.4. The number of carbonyl (C=O) groups excluding carboxylic acids is 2. The van der Waals surface area contributed by atoms with E-state index in [0.29, 0.717) is 13.2 Å². The summed E-state index contributed by atoms with van der Waals surface area (Å²) in [5.74, 6) is 1.73. The molecule has 1 aromatic rings. The normalized spacial score (nSPS) is 20.7. The highest BCUT2D eigenvalue weighted by molar-refractivity contribution is 5.79. The highest BCUT2D eigenvalue weighted by Crippen LogP contribution is 2.30. The van der Waals surface area contributed by atoms with Crippen LogP contribution >= 0.6 is 0 Å². The second kappa shape index (κ2) is 8.40. The number of likely N-dealkylation sites (tertiary alicyclic amines) is 1. The van der Waals surface area contributed by atoms with Crippen molar-refractivity contribution in [1.29, 1.82) is 0 Å². The summed E-state index contributed by atoms with van der Waals surface area (Å²) in [7, 11) is 1.64. The van der Waals surface area contributed by atoms with E-state index in [1.54, 1.807) is 7.11 Å². The Morgan fingerprint density at radius 3 is 2.81 bits per heavy atom. The van der Waals surface area contributed by atoms with Gasteiger partial charge in [0.2, 0.25) is 11.8 Å². The van der Waals surface area contributed by atoms with Gasteiger partial charge in [-0.15, -0.1) is 0 Å². The first-order valence-electron chi connectivity index (χ1n) is 9.13. The number of ether oxygens (including phenoxy) is 2. The van der Waals surface area contributed by atoms with Crippen molar-refractivity contribution in [2.45, 2.75) is 19.3 Å². The lowest BCUT2D eigenvalue weighted by Gasteiger charge is -2.31. The Morgan fingerprint density at radius 2 is 2.12 bits per heavy atom. The number of amides is 2. The molecule has 3 rings (SSSR count). The molecule has 2 heterocycles. The van der Waals surface area contributed by atoms with Crippen molar-refractivity contribution < 1.29 is 19.1 Å². The first-order chi connectivity index (χ1) is 12.5. The van der Waals surface area contributed by atoms with Gasteiger partial charge in [0.15, 0.2) is 0 Å². The molecule has 1 aromatic carbocycles. The molecule has 0 saturated carbocycles. The summed E-state index contributed by atoms with van der Waals surface area (Å²) in [4.78, 5) is 25.4. The van der Waals surface area contributed by atoms with Gasteiger partial charge in [-0.25, -0.2) is 0 Å². The SMILES string of the molecule is COc1ccc2c(c1)OC[C@@H](CNC(=O)C1CCN(CC(N)=O)CC1)C2. The molecule has 1 atom stereocenters. The van der Waals surface area contributed by atoms with Gasteiger partial charge in [0.25, 0.3) is 0 Å². The second-order valence-corrected chi connectivity index (χ2v) is 7.12. The Hall–Kier alpha value is -2.28. The lowest BCUT2D eigenvalue weighted by atomic mass is 9.94. The Morgan fingerprint density at radius 1 is 1.35 bits per heavy atom. The van der Waals surface area contributed by atoms with Crippen molar-refractivity contribution in [3.8, 4) is 11.5 Å². The number of fused-ring (bicyclic) bond motifs is 1. The maximum absolute atomic E-state index is 12.4. The van der Waals surface area contributed by atoms with Gasteiger partial charge in [0.05, 0.1) is 20.3 Å². The molecule has 7 nitrogen and oxygen atoms in total. The van der Waals surface area contributed by atoms with Gasteiger partial charge >= 0.3 is 0 Å². The number of hydrogen-bond donors (Lipinski definition) is 2. The molecule has 1 saturated heterocycles. The minimum absolute atomic E-state index is 0.0141. The smallest absolute Gasteiger partial charge is 0.231 e. The van der Waals surface area contributed by atoms with Gasteiger partial charge < -0.3 is 20.5 Å². The van der Waals surface area contributed by atoms with E-state index in [9.17, 15) is 9.59 Å². The van der Waals surface area contributed by atoms with Crippen LogP contribution in [0.1, 0.15) is 18.4 Å². The minimum atomic E-state index is -0.317. The van der Waals surface area contributed by atoms with E-state index < -0.39 is 0 Å². The average Bonchev–Trinajstić information content (AvgIpc) is 2.65. The predicted octanol–water partition coefficient (Wildman–Crippen LogP) is 0.560. The highest BCUT2D eigenvalue weighted by Gasteiger charge is 2.27. The summed E-state index contributed by atoms with van der Waals surface area (Å²) in [5.41, 5.74) is 6.37. The fourth-order valence-electron chi connectivity index (χ4n) is 3.64. The van der Waals surface area contributed by atoms with Crippen LogP contribution < -0.4 is 20.5 Å². The number of primary amides is 1. The molecule has 2 amide bonds. The van der Waals surface area contributed by atoms with E-state index in [1.807, 2.05) is 23.1 Å². The van der Waals surface area contributed by atoms with Crippen LogP contribution in [-0.2, 0) is 16.0 Å². The van der Waals surface area contributed by atoms with Crippen LogP contribution in [-0.4, -0.2) is 56.6 Å². The van der Waals surface area contributed by atoms with Gasteiger partial charge in [-0.1, -0.05) is 6.07 Å². The molecule has 142 valence electrons. The Bertz CT molecular complexity index is 656. The minimum Gasteiger partial charge on any atom is -0.497 e. The molecule has 3 N–H and O–H groups in total. The number of rotatable bonds is 6. The Balaban J connectivity index is 1.43. The van der Waals surface area contributed by atoms with Crippen molar-refractivity contribution in [1.82, 2.24) is 10.2 Å². The predicted molar refractivity (Wildman–Crippen MR) is 97.1 cm³/mol. The zero-order chi connectivity index (χ0) is 18.5. The number of nitrogens with zero attached hydrogens (tertiary/aromatic N) is 1. The van der Waals surface area contributed by atoms with Crippen LogP contribution in [0.15, 0.2) is 18.2 Å². The number of methoxy groups -OCH3 is 1. The highest BCUT2D eigenvalue weighted by atomic mass is 16.5. The third-order valence-corrected chi connectivity index (χ3v) is 5.16. The van der Waals surface area contributed by atoms with Gasteiger partial charge in [0, 0.05) is 24.4 Å². The molecule has 26 heavy (non-hydrogen) atoms. The number of carbonyl (C=O) groups is 2. The molecular weight excluding hydrogens is 334 g/mol. The van der Waals surface area contributed by atoms with Gasteiger partial charge in [-0.2, -0.15) is 0 Å². The molecule has 0 spiro atoms. The number of benzene rings is 1. The van der Waals surface area contributed by atoms with E-state index in [1.165, 1.54) is 0 Å². The topological polar surface area (TPSA) is 93.9 Å². The molecule has 0 aliphatic carbocycles. The maximum Gasteiger partial charge on any atom is 0.231 e. The largest absolute Gasteiger partial charge is 0.497 e. The van der Waals surface area contributed by atoms with E-state index in [4.69, 9.17) is 15.2 Å². The van der Waals surface area contributed by atoms with Gasteiger partial charge in [0.1, 0.15) is 11.5 Å². The summed E-state index contributed by atoms with van der Waals surface area (Å²) in [6.45, 7) is 2.97. The first kappa shape index (κ1) is 18.5. The van der Waals surface area contributed by atoms with Crippen LogP contribution in [0.2, 0.25) is 0 Å². The van der Waals surface area contributed by atoms with E-state index >= 15 is 0 Å².